The number of fused-ring (bicyclic) bond motifs is 2. The largest absolute Gasteiger partial charge is 2.00 e. The number of aromatic nitrogens is 4. The first-order valence-electron chi connectivity index (χ1n) is 22.1. The molecule has 0 atom stereocenters. The van der Waals surface area contributed by atoms with Crippen molar-refractivity contribution in [3.8, 4) is 0 Å². The van der Waals surface area contributed by atoms with Gasteiger partial charge in [-0.15, -0.1) is 40.9 Å². The van der Waals surface area contributed by atoms with Crippen molar-refractivity contribution in [2.24, 2.45) is 20.5 Å². The van der Waals surface area contributed by atoms with Gasteiger partial charge in [0.1, 0.15) is 11.0 Å². The molecule has 4 heterocycles. The minimum atomic E-state index is -5.79. The molecular weight excluding hydrogens is 1090 g/mol. The van der Waals surface area contributed by atoms with Crippen LogP contribution in [0, 0.1) is 0 Å². The van der Waals surface area contributed by atoms with Gasteiger partial charge in [-0.3, -0.25) is 0 Å². The summed E-state index contributed by atoms with van der Waals surface area (Å²) in [7, 11) is -11.6. The molecule has 16 nitrogen and oxygen atoms in total. The molecule has 6 aromatic rings. The molecule has 0 bridgehead atoms. The number of hydrogen-bond donors (Lipinski definition) is 0. The van der Waals surface area contributed by atoms with E-state index >= 15 is 0 Å². The molecule has 0 radical (unpaired) electrons. The summed E-state index contributed by atoms with van der Waals surface area (Å²) in [6.07, 6.45) is 2.94. The van der Waals surface area contributed by atoms with E-state index in [4.69, 9.17) is 0 Å². The van der Waals surface area contributed by atoms with Gasteiger partial charge in [-0.05, 0) is 82.0 Å². The fraction of sp³-hybridized carbons (Fsp3) is 0.391. The summed E-state index contributed by atoms with van der Waals surface area (Å²) in [4.78, 5) is 4.02. The Morgan fingerprint density at radius 2 is 0.918 bits per heavy atom. The Morgan fingerprint density at radius 3 is 1.22 bits per heavy atom. The van der Waals surface area contributed by atoms with Crippen molar-refractivity contribution in [3.63, 3.8) is 0 Å². The summed E-state index contributed by atoms with van der Waals surface area (Å²) in [5.41, 5.74) is -1.95. The second kappa shape index (κ2) is 22.5. The number of alkyl halides is 6. The zero-order valence-corrected chi connectivity index (χ0v) is 46.6. The van der Waals surface area contributed by atoms with E-state index in [0.29, 0.717) is 50.4 Å². The van der Waals surface area contributed by atoms with Crippen molar-refractivity contribution in [3.05, 3.63) is 127 Å². The minimum Gasteiger partial charge on any atom is -0.568 e. The molecule has 0 spiro atoms. The van der Waals surface area contributed by atoms with E-state index in [0.717, 1.165) is 57.8 Å². The molecule has 2 aromatic heterocycles. The molecule has 27 heteroatoms. The Balaban J connectivity index is 0.000000235. The predicted molar refractivity (Wildman–Crippen MR) is 266 cm³/mol. The fourth-order valence-electron chi connectivity index (χ4n) is 7.64. The second-order valence-electron chi connectivity index (χ2n) is 18.8. The van der Waals surface area contributed by atoms with Gasteiger partial charge in [-0.25, -0.2) is 16.8 Å². The van der Waals surface area contributed by atoms with Crippen LogP contribution in [0.5, 0.6) is 0 Å². The molecule has 0 amide bonds. The summed E-state index contributed by atoms with van der Waals surface area (Å²) >= 11 is 2.16. The fourth-order valence-corrected chi connectivity index (χ4v) is 9.40. The number of benzene rings is 4. The maximum absolute atomic E-state index is 13.1. The maximum atomic E-state index is 13.1. The molecule has 0 saturated heterocycles. The van der Waals surface area contributed by atoms with Gasteiger partial charge in [0, 0.05) is 37.6 Å². The predicted octanol–water partition coefficient (Wildman–Crippen LogP) is 14.1. The van der Waals surface area contributed by atoms with Crippen LogP contribution >= 0.6 is 22.7 Å². The van der Waals surface area contributed by atoms with Crippen molar-refractivity contribution in [2.75, 3.05) is 22.9 Å². The number of rotatable bonds is 12. The minimum absolute atomic E-state index is 0. The zero-order chi connectivity index (χ0) is 52.3. The quantitative estimate of drug-likeness (QED) is 0.0644. The van der Waals surface area contributed by atoms with Gasteiger partial charge in [0.25, 0.3) is 10.3 Å². The summed E-state index contributed by atoms with van der Waals surface area (Å²) in [5, 5.41) is 30.7. The third-order valence-corrected chi connectivity index (χ3v) is 14.6. The first-order valence-corrected chi connectivity index (χ1v) is 26.8. The normalized spacial score (nSPS) is 14.6. The van der Waals surface area contributed by atoms with Crippen LogP contribution in [0.3, 0.4) is 0 Å². The number of hydrogen-bond acceptors (Lipinski definition) is 16. The third kappa shape index (κ3) is 14.4. The van der Waals surface area contributed by atoms with Gasteiger partial charge in [0.05, 0.1) is 11.4 Å². The number of aryl methyl sites for hydroxylation is 2. The summed E-state index contributed by atoms with van der Waals surface area (Å²) < 4.78 is 132. The van der Waals surface area contributed by atoms with Crippen LogP contribution in [-0.2, 0) is 76.3 Å². The van der Waals surface area contributed by atoms with Crippen molar-refractivity contribution in [2.45, 2.75) is 102 Å². The van der Waals surface area contributed by atoms with E-state index in [1.54, 1.807) is 12.1 Å². The molecule has 4 aromatic carbocycles. The number of azo groups is 2. The SMILES string of the molecule is CC(C)(C)c1ccc(CN2CCCc3cc(N=Nc4nncs4)c([N-]S(=O)(=O)C(F)(F)F)cc32)cc1.CC(C)(C)c1ccc(CN2CCCc3cc(N=Nc4nncs4)c([N-]S(=O)(=O)C(F)(F)F)cc32)cc1.[Zn+2]. The van der Waals surface area contributed by atoms with Gasteiger partial charge in [-0.1, -0.05) is 136 Å². The molecule has 2 aliphatic heterocycles. The van der Waals surface area contributed by atoms with Gasteiger partial charge in [0.15, 0.2) is 20.0 Å². The smallest absolute Gasteiger partial charge is 0.568 e. The van der Waals surface area contributed by atoms with E-state index in [1.165, 1.54) is 34.3 Å². The number of nitrogens with zero attached hydrogens (tertiary/aromatic N) is 12. The van der Waals surface area contributed by atoms with Crippen LogP contribution in [0.15, 0.2) is 104 Å². The Kier molecular flexibility index (Phi) is 17.5. The molecule has 0 unspecified atom stereocenters. The second-order valence-corrected chi connectivity index (χ2v) is 23.6. The van der Waals surface area contributed by atoms with Crippen molar-refractivity contribution < 1.29 is 62.7 Å². The first kappa shape index (κ1) is 56.8. The van der Waals surface area contributed by atoms with Crippen LogP contribution in [0.2, 0.25) is 0 Å². The van der Waals surface area contributed by atoms with Gasteiger partial charge < -0.3 is 19.2 Å². The van der Waals surface area contributed by atoms with E-state index in [1.807, 2.05) is 34.1 Å². The topological polar surface area (TPSA) is 204 Å². The Labute approximate surface area is 439 Å². The van der Waals surface area contributed by atoms with Gasteiger partial charge >= 0.3 is 30.5 Å². The van der Waals surface area contributed by atoms with E-state index in [2.05, 4.69) is 116 Å². The van der Waals surface area contributed by atoms with Crippen molar-refractivity contribution in [1.29, 1.82) is 0 Å². The Bertz CT molecular complexity index is 2920. The van der Waals surface area contributed by atoms with Crippen molar-refractivity contribution in [1.82, 2.24) is 20.4 Å². The van der Waals surface area contributed by atoms with Crippen LogP contribution < -0.4 is 9.80 Å². The van der Waals surface area contributed by atoms with Gasteiger partial charge in [-0.2, -0.15) is 26.3 Å². The molecule has 0 aliphatic carbocycles. The average Bonchev–Trinajstić information content (AvgIpc) is 4.03. The molecular formula is C46H48F6N12O4S4Zn. The molecule has 0 fully saturated rings. The van der Waals surface area contributed by atoms with Crippen LogP contribution in [0.1, 0.15) is 87.8 Å². The number of halogens is 6. The molecule has 2 aliphatic rings. The number of sulfonamides is 2. The van der Waals surface area contributed by atoms with Gasteiger partial charge in [0.2, 0.25) is 0 Å². The average molecular weight is 1140 g/mol. The summed E-state index contributed by atoms with van der Waals surface area (Å²) in [6, 6.07) is 22.1. The van der Waals surface area contributed by atoms with Crippen LogP contribution in [-0.4, -0.2) is 61.3 Å². The molecule has 8 rings (SSSR count). The van der Waals surface area contributed by atoms with Crippen molar-refractivity contribution >= 4 is 87.1 Å². The first-order chi connectivity index (χ1) is 33.7. The molecule has 0 saturated carbocycles. The van der Waals surface area contributed by atoms with E-state index in [9.17, 15) is 43.2 Å². The third-order valence-electron chi connectivity index (χ3n) is 11.4. The Hall–Kier alpha value is -5.50. The van der Waals surface area contributed by atoms with Crippen LogP contribution in [0.25, 0.3) is 9.44 Å². The standard InChI is InChI=1S/2C23H24F3N6O2S2.Zn/c2*1-22(2,3)17-8-6-15(7-9-17)13-32-10-4-5-16-11-18(28-30-21-29-27-14-35-21)19(12-20(16)32)31-36(33,34)23(24,25)26;/h2*6-9,11-12,14H,4-5,10,13H2,1-3H3;/q2*-1;+2. The molecule has 384 valence electrons. The monoisotopic (exact) mass is 1140 g/mol. The summed E-state index contributed by atoms with van der Waals surface area (Å²) in [5.74, 6) is 0. The molecule has 0 N–H and O–H groups in total. The zero-order valence-electron chi connectivity index (χ0n) is 40.3. The van der Waals surface area contributed by atoms with Crippen LogP contribution in [0.4, 0.5) is 70.7 Å². The van der Waals surface area contributed by atoms with E-state index < -0.39 is 42.4 Å². The Morgan fingerprint density at radius 1 is 0.562 bits per heavy atom. The summed E-state index contributed by atoms with van der Waals surface area (Å²) in [6.45, 7) is 15.1. The maximum Gasteiger partial charge on any atom is 2.00 e. The molecule has 73 heavy (non-hydrogen) atoms. The number of anilines is 2. The van der Waals surface area contributed by atoms with E-state index in [-0.39, 0.29) is 51.9 Å².